The molecule has 3 N–H and O–H groups in total. The van der Waals surface area contributed by atoms with Crippen LogP contribution in [0.5, 0.6) is 0 Å². The molecule has 0 heterocycles. The van der Waals surface area contributed by atoms with E-state index < -0.39 is 23.1 Å². The highest BCUT2D eigenvalue weighted by Gasteiger charge is 2.31. The molecule has 1 rings (SSSR count). The van der Waals surface area contributed by atoms with Crippen LogP contribution in [0.15, 0.2) is 18.2 Å². The molecule has 0 spiro atoms. The van der Waals surface area contributed by atoms with Gasteiger partial charge in [-0.2, -0.15) is 13.2 Å². The van der Waals surface area contributed by atoms with Crippen molar-refractivity contribution in [1.82, 2.24) is 0 Å². The summed E-state index contributed by atoms with van der Waals surface area (Å²) in [6, 6.07) is 2.41. The zero-order valence-corrected chi connectivity index (χ0v) is 10.2. The minimum absolute atomic E-state index is 0.0257. The van der Waals surface area contributed by atoms with Crippen molar-refractivity contribution < 1.29 is 17.6 Å². The minimum atomic E-state index is -4.54. The largest absolute Gasteiger partial charge is 0.416 e. The zero-order chi connectivity index (χ0) is 14.0. The highest BCUT2D eigenvalue weighted by molar-refractivity contribution is 5.49. The Morgan fingerprint density at radius 1 is 1.28 bits per heavy atom. The molecule has 1 aromatic carbocycles. The Balaban J connectivity index is 3.00. The molecule has 18 heavy (non-hydrogen) atoms. The van der Waals surface area contributed by atoms with Gasteiger partial charge in [0.2, 0.25) is 0 Å². The fraction of sp³-hybridized carbons (Fsp3) is 0.500. The molecular weight excluding hydrogens is 248 g/mol. The van der Waals surface area contributed by atoms with Gasteiger partial charge in [-0.25, -0.2) is 4.39 Å². The number of alkyl halides is 3. The first-order chi connectivity index (χ1) is 8.22. The smallest absolute Gasteiger partial charge is 0.376 e. The van der Waals surface area contributed by atoms with E-state index in [1.165, 1.54) is 0 Å². The van der Waals surface area contributed by atoms with Crippen LogP contribution in [0.1, 0.15) is 25.8 Å². The third kappa shape index (κ3) is 3.35. The van der Waals surface area contributed by atoms with E-state index >= 15 is 0 Å². The van der Waals surface area contributed by atoms with Crippen molar-refractivity contribution in [1.29, 1.82) is 0 Å². The van der Waals surface area contributed by atoms with Gasteiger partial charge in [0.25, 0.3) is 0 Å². The SMILES string of the molecule is CCC(C)(CN)Nc1ccc(C(F)(F)F)cc1F. The summed E-state index contributed by atoms with van der Waals surface area (Å²) >= 11 is 0. The number of nitrogens with two attached hydrogens (primary N) is 1. The van der Waals surface area contributed by atoms with E-state index in [9.17, 15) is 17.6 Å². The quantitative estimate of drug-likeness (QED) is 0.818. The lowest BCUT2D eigenvalue weighted by molar-refractivity contribution is -0.137. The molecule has 0 aliphatic carbocycles. The predicted molar refractivity (Wildman–Crippen MR) is 62.8 cm³/mol. The Morgan fingerprint density at radius 3 is 2.28 bits per heavy atom. The van der Waals surface area contributed by atoms with Crippen LogP contribution in [0.3, 0.4) is 0 Å². The fourth-order valence-electron chi connectivity index (χ4n) is 1.40. The number of benzene rings is 1. The number of hydrogen-bond acceptors (Lipinski definition) is 2. The Morgan fingerprint density at radius 2 is 1.89 bits per heavy atom. The van der Waals surface area contributed by atoms with Gasteiger partial charge in [0.05, 0.1) is 11.3 Å². The van der Waals surface area contributed by atoms with Gasteiger partial charge in [-0.1, -0.05) is 6.92 Å². The van der Waals surface area contributed by atoms with Crippen LogP contribution in [0.25, 0.3) is 0 Å². The highest BCUT2D eigenvalue weighted by Crippen LogP contribution is 2.32. The summed E-state index contributed by atoms with van der Waals surface area (Å²) < 4.78 is 50.7. The number of anilines is 1. The molecule has 0 aliphatic heterocycles. The molecule has 2 nitrogen and oxygen atoms in total. The van der Waals surface area contributed by atoms with Crippen LogP contribution in [0.2, 0.25) is 0 Å². The Kier molecular flexibility index (Phi) is 4.21. The third-order valence-electron chi connectivity index (χ3n) is 2.96. The topological polar surface area (TPSA) is 38.0 Å². The van der Waals surface area contributed by atoms with E-state index in [0.717, 1.165) is 12.1 Å². The van der Waals surface area contributed by atoms with E-state index in [0.29, 0.717) is 12.5 Å². The lowest BCUT2D eigenvalue weighted by Crippen LogP contribution is -2.42. The molecule has 1 atom stereocenters. The van der Waals surface area contributed by atoms with Crippen LogP contribution < -0.4 is 11.1 Å². The fourth-order valence-corrected chi connectivity index (χ4v) is 1.40. The summed E-state index contributed by atoms with van der Waals surface area (Å²) in [5.41, 5.74) is 4.03. The lowest BCUT2D eigenvalue weighted by atomic mass is 9.98. The first-order valence-electron chi connectivity index (χ1n) is 5.57. The molecule has 0 bridgehead atoms. The van der Waals surface area contributed by atoms with Crippen molar-refractivity contribution >= 4 is 5.69 Å². The second-order valence-electron chi connectivity index (χ2n) is 4.44. The van der Waals surface area contributed by atoms with Crippen molar-refractivity contribution in [2.24, 2.45) is 5.73 Å². The van der Waals surface area contributed by atoms with Gasteiger partial charge in [-0.3, -0.25) is 0 Å². The van der Waals surface area contributed by atoms with Gasteiger partial charge < -0.3 is 11.1 Å². The number of hydrogen-bond donors (Lipinski definition) is 2. The number of nitrogens with one attached hydrogen (secondary N) is 1. The predicted octanol–water partition coefficient (Wildman–Crippen LogP) is 3.38. The van der Waals surface area contributed by atoms with E-state index in [-0.39, 0.29) is 12.2 Å². The summed E-state index contributed by atoms with van der Waals surface area (Å²) in [5.74, 6) is -0.932. The van der Waals surface area contributed by atoms with Crippen molar-refractivity contribution in [3.63, 3.8) is 0 Å². The Hall–Kier alpha value is -1.30. The molecule has 0 aromatic heterocycles. The van der Waals surface area contributed by atoms with Gasteiger partial charge in [0.15, 0.2) is 0 Å². The van der Waals surface area contributed by atoms with Gasteiger partial charge in [0.1, 0.15) is 5.82 Å². The summed E-state index contributed by atoms with van der Waals surface area (Å²) in [6.45, 7) is 3.90. The molecule has 0 saturated carbocycles. The average molecular weight is 264 g/mol. The second kappa shape index (κ2) is 5.14. The second-order valence-corrected chi connectivity index (χ2v) is 4.44. The van der Waals surface area contributed by atoms with Gasteiger partial charge >= 0.3 is 6.18 Å². The molecule has 1 unspecified atom stereocenters. The molecular formula is C12H16F4N2. The molecule has 102 valence electrons. The summed E-state index contributed by atoms with van der Waals surface area (Å²) in [4.78, 5) is 0. The molecule has 0 radical (unpaired) electrons. The number of rotatable bonds is 4. The molecule has 1 aromatic rings. The van der Waals surface area contributed by atoms with E-state index in [2.05, 4.69) is 5.32 Å². The van der Waals surface area contributed by atoms with Crippen LogP contribution in [0.4, 0.5) is 23.2 Å². The summed E-state index contributed by atoms with van der Waals surface area (Å²) in [7, 11) is 0. The summed E-state index contributed by atoms with van der Waals surface area (Å²) in [5, 5.41) is 2.83. The molecule has 0 amide bonds. The molecule has 0 aliphatic rings. The van der Waals surface area contributed by atoms with E-state index in [1.807, 2.05) is 6.92 Å². The van der Waals surface area contributed by atoms with Crippen molar-refractivity contribution in [2.75, 3.05) is 11.9 Å². The zero-order valence-electron chi connectivity index (χ0n) is 10.2. The van der Waals surface area contributed by atoms with Crippen LogP contribution in [-0.2, 0) is 6.18 Å². The maximum Gasteiger partial charge on any atom is 0.416 e. The van der Waals surface area contributed by atoms with Gasteiger partial charge in [-0.05, 0) is 31.5 Å². The van der Waals surface area contributed by atoms with Crippen molar-refractivity contribution in [3.8, 4) is 0 Å². The van der Waals surface area contributed by atoms with Crippen molar-refractivity contribution in [2.45, 2.75) is 32.0 Å². The summed E-state index contributed by atoms with van der Waals surface area (Å²) in [6.07, 6.45) is -3.91. The standard InChI is InChI=1S/C12H16F4N2/c1-3-11(2,7-17)18-10-5-4-8(6-9(10)13)12(14,15)16/h4-6,18H,3,7,17H2,1-2H3. The highest BCUT2D eigenvalue weighted by atomic mass is 19.4. The maximum atomic E-state index is 13.6. The van der Waals surface area contributed by atoms with E-state index in [1.54, 1.807) is 6.92 Å². The minimum Gasteiger partial charge on any atom is -0.376 e. The Bertz CT molecular complexity index is 411. The molecule has 0 fully saturated rings. The molecule has 6 heteroatoms. The first-order valence-corrected chi connectivity index (χ1v) is 5.57. The monoisotopic (exact) mass is 264 g/mol. The van der Waals surface area contributed by atoms with Gasteiger partial charge in [0, 0.05) is 12.1 Å². The normalized spacial score (nSPS) is 15.3. The van der Waals surface area contributed by atoms with Crippen molar-refractivity contribution in [3.05, 3.63) is 29.6 Å². The van der Waals surface area contributed by atoms with Gasteiger partial charge in [-0.15, -0.1) is 0 Å². The Labute approximate surface area is 103 Å². The van der Waals surface area contributed by atoms with E-state index in [4.69, 9.17) is 5.73 Å². The maximum absolute atomic E-state index is 13.6. The van der Waals surface area contributed by atoms with Crippen LogP contribution in [-0.4, -0.2) is 12.1 Å². The molecule has 0 saturated heterocycles. The number of halogens is 4. The van der Waals surface area contributed by atoms with Crippen LogP contribution in [0, 0.1) is 5.82 Å². The van der Waals surface area contributed by atoms with Crippen LogP contribution >= 0.6 is 0 Å². The third-order valence-corrected chi connectivity index (χ3v) is 2.96. The lowest BCUT2D eigenvalue weighted by Gasteiger charge is -2.29. The average Bonchev–Trinajstić information content (AvgIpc) is 2.30. The first kappa shape index (κ1) is 14.8.